The van der Waals surface area contributed by atoms with Gasteiger partial charge in [0.15, 0.2) is 0 Å². The number of amides is 1. The van der Waals surface area contributed by atoms with Crippen LogP contribution in [-0.4, -0.2) is 53.5 Å². The summed E-state index contributed by atoms with van der Waals surface area (Å²) < 4.78 is 0. The van der Waals surface area contributed by atoms with E-state index >= 15 is 0 Å². The highest BCUT2D eigenvalue weighted by molar-refractivity contribution is 6.30. The van der Waals surface area contributed by atoms with Gasteiger partial charge in [0, 0.05) is 26.3 Å². The number of aliphatic carboxylic acids is 1. The highest BCUT2D eigenvalue weighted by Crippen LogP contribution is 2.23. The molecule has 2 unspecified atom stereocenters. The Balaban J connectivity index is 1.95. The number of carbonyl (C=O) groups excluding carboxylic acids is 1. The van der Waals surface area contributed by atoms with Crippen LogP contribution in [0.2, 0.25) is 5.02 Å². The molecule has 0 radical (unpaired) electrons. The lowest BCUT2D eigenvalue weighted by atomic mass is 9.99. The molecule has 0 saturated carbocycles. The number of pyridine rings is 1. The SMILES string of the molecule is CC1CN(C(=O)CN(C)c2ccc(Cl)cn2)CC1C(=O)O. The van der Waals surface area contributed by atoms with E-state index in [1.807, 2.05) is 6.92 Å². The summed E-state index contributed by atoms with van der Waals surface area (Å²) in [4.78, 5) is 30.8. The molecule has 0 bridgehead atoms. The van der Waals surface area contributed by atoms with Crippen LogP contribution in [0, 0.1) is 11.8 Å². The molecule has 2 rings (SSSR count). The molecule has 114 valence electrons. The van der Waals surface area contributed by atoms with E-state index in [0.29, 0.717) is 17.4 Å². The van der Waals surface area contributed by atoms with Gasteiger partial charge in [-0.1, -0.05) is 18.5 Å². The first-order valence-electron chi connectivity index (χ1n) is 6.71. The van der Waals surface area contributed by atoms with E-state index in [0.717, 1.165) is 0 Å². The summed E-state index contributed by atoms with van der Waals surface area (Å²) in [5.74, 6) is -0.788. The van der Waals surface area contributed by atoms with E-state index < -0.39 is 11.9 Å². The van der Waals surface area contributed by atoms with E-state index in [1.165, 1.54) is 6.20 Å². The molecular weight excluding hydrogens is 294 g/mol. The lowest BCUT2D eigenvalue weighted by Crippen LogP contribution is -2.38. The third kappa shape index (κ3) is 3.64. The number of hydrogen-bond acceptors (Lipinski definition) is 4. The maximum Gasteiger partial charge on any atom is 0.308 e. The first-order chi connectivity index (χ1) is 9.88. The molecule has 2 atom stereocenters. The lowest BCUT2D eigenvalue weighted by molar-refractivity contribution is -0.142. The van der Waals surface area contributed by atoms with Crippen molar-refractivity contribution in [1.82, 2.24) is 9.88 Å². The fourth-order valence-electron chi connectivity index (χ4n) is 2.47. The summed E-state index contributed by atoms with van der Waals surface area (Å²) in [6, 6.07) is 3.45. The zero-order valence-corrected chi connectivity index (χ0v) is 12.7. The summed E-state index contributed by atoms with van der Waals surface area (Å²) in [5.41, 5.74) is 0. The van der Waals surface area contributed by atoms with Crippen molar-refractivity contribution in [3.8, 4) is 0 Å². The molecule has 2 heterocycles. The van der Waals surface area contributed by atoms with Gasteiger partial charge in [0.2, 0.25) is 5.91 Å². The van der Waals surface area contributed by atoms with Crippen LogP contribution in [0.3, 0.4) is 0 Å². The van der Waals surface area contributed by atoms with Crippen molar-refractivity contribution in [2.24, 2.45) is 11.8 Å². The van der Waals surface area contributed by atoms with Gasteiger partial charge in [0.25, 0.3) is 0 Å². The molecule has 0 spiro atoms. The van der Waals surface area contributed by atoms with Crippen LogP contribution in [0.4, 0.5) is 5.82 Å². The molecule has 1 fully saturated rings. The van der Waals surface area contributed by atoms with Gasteiger partial charge in [0.1, 0.15) is 5.82 Å². The standard InChI is InChI=1S/C14H18ClN3O3/c1-9-6-18(7-11(9)14(20)21)13(19)8-17(2)12-4-3-10(15)5-16-12/h3-5,9,11H,6-8H2,1-2H3,(H,20,21). The molecule has 21 heavy (non-hydrogen) atoms. The number of rotatable bonds is 4. The second-order valence-electron chi connectivity index (χ2n) is 5.41. The number of nitrogens with zero attached hydrogens (tertiary/aromatic N) is 3. The molecule has 0 aliphatic carbocycles. The first kappa shape index (κ1) is 15.6. The molecule has 1 N–H and O–H groups in total. The van der Waals surface area contributed by atoms with E-state index in [1.54, 1.807) is 29.0 Å². The smallest absolute Gasteiger partial charge is 0.308 e. The Morgan fingerprint density at radius 1 is 1.48 bits per heavy atom. The first-order valence-corrected chi connectivity index (χ1v) is 7.09. The second kappa shape index (κ2) is 6.30. The summed E-state index contributed by atoms with van der Waals surface area (Å²) in [7, 11) is 1.77. The number of likely N-dealkylation sites (N-methyl/N-ethyl adjacent to an activating group) is 1. The average Bonchev–Trinajstić information content (AvgIpc) is 2.81. The van der Waals surface area contributed by atoms with Crippen LogP contribution in [0.25, 0.3) is 0 Å². The van der Waals surface area contributed by atoms with E-state index in [4.69, 9.17) is 16.7 Å². The van der Waals surface area contributed by atoms with Crippen molar-refractivity contribution in [2.75, 3.05) is 31.6 Å². The van der Waals surface area contributed by atoms with E-state index in [-0.39, 0.29) is 24.9 Å². The maximum absolute atomic E-state index is 12.2. The molecule has 1 aromatic heterocycles. The molecule has 1 aliphatic heterocycles. The number of anilines is 1. The third-order valence-electron chi connectivity index (χ3n) is 3.76. The fourth-order valence-corrected chi connectivity index (χ4v) is 2.58. The Hall–Kier alpha value is -1.82. The Morgan fingerprint density at radius 3 is 2.71 bits per heavy atom. The van der Waals surface area contributed by atoms with Crippen molar-refractivity contribution < 1.29 is 14.7 Å². The monoisotopic (exact) mass is 311 g/mol. The van der Waals surface area contributed by atoms with Crippen LogP contribution in [0.15, 0.2) is 18.3 Å². The van der Waals surface area contributed by atoms with Crippen molar-refractivity contribution >= 4 is 29.3 Å². The predicted octanol–water partition coefficient (Wildman–Crippen LogP) is 1.35. The van der Waals surface area contributed by atoms with E-state index in [9.17, 15) is 9.59 Å². The summed E-state index contributed by atoms with van der Waals surface area (Å²) in [6.45, 7) is 2.78. The number of hydrogen-bond donors (Lipinski definition) is 1. The number of likely N-dealkylation sites (tertiary alicyclic amines) is 1. The number of carbonyl (C=O) groups is 2. The Bertz CT molecular complexity index is 535. The number of carboxylic acids is 1. The molecular formula is C14H18ClN3O3. The minimum Gasteiger partial charge on any atom is -0.481 e. The second-order valence-corrected chi connectivity index (χ2v) is 5.85. The van der Waals surface area contributed by atoms with Crippen LogP contribution in [0.5, 0.6) is 0 Å². The molecule has 1 saturated heterocycles. The van der Waals surface area contributed by atoms with Crippen molar-refractivity contribution in [3.63, 3.8) is 0 Å². The van der Waals surface area contributed by atoms with Gasteiger partial charge in [-0.15, -0.1) is 0 Å². The number of halogens is 1. The minimum absolute atomic E-state index is 0.0228. The summed E-state index contributed by atoms with van der Waals surface area (Å²) in [6.07, 6.45) is 1.52. The molecule has 7 heteroatoms. The van der Waals surface area contributed by atoms with Crippen LogP contribution >= 0.6 is 11.6 Å². The fraction of sp³-hybridized carbons (Fsp3) is 0.500. The van der Waals surface area contributed by atoms with Gasteiger partial charge >= 0.3 is 5.97 Å². The van der Waals surface area contributed by atoms with Crippen molar-refractivity contribution in [3.05, 3.63) is 23.4 Å². The zero-order chi connectivity index (χ0) is 15.6. The van der Waals surface area contributed by atoms with Crippen molar-refractivity contribution in [2.45, 2.75) is 6.92 Å². The quantitative estimate of drug-likeness (QED) is 0.908. The van der Waals surface area contributed by atoms with Gasteiger partial charge in [0.05, 0.1) is 17.5 Å². The van der Waals surface area contributed by atoms with Gasteiger partial charge in [-0.3, -0.25) is 9.59 Å². The largest absolute Gasteiger partial charge is 0.481 e. The third-order valence-corrected chi connectivity index (χ3v) is 3.98. The maximum atomic E-state index is 12.2. The van der Waals surface area contributed by atoms with Crippen LogP contribution < -0.4 is 4.90 Å². The molecule has 1 aromatic rings. The lowest BCUT2D eigenvalue weighted by Gasteiger charge is -2.22. The van der Waals surface area contributed by atoms with Crippen molar-refractivity contribution in [1.29, 1.82) is 0 Å². The summed E-state index contributed by atoms with van der Waals surface area (Å²) in [5, 5.41) is 9.64. The minimum atomic E-state index is -0.842. The topological polar surface area (TPSA) is 73.7 Å². The normalized spacial score (nSPS) is 21.4. The Morgan fingerprint density at radius 2 is 2.19 bits per heavy atom. The van der Waals surface area contributed by atoms with Gasteiger partial charge in [-0.05, 0) is 18.1 Å². The number of carboxylic acid groups (broad SMARTS) is 1. The van der Waals surface area contributed by atoms with Crippen LogP contribution in [-0.2, 0) is 9.59 Å². The molecule has 1 amide bonds. The summed E-state index contributed by atoms with van der Waals surface area (Å²) >= 11 is 5.78. The van der Waals surface area contributed by atoms with E-state index in [2.05, 4.69) is 4.98 Å². The van der Waals surface area contributed by atoms with Gasteiger partial charge in [-0.25, -0.2) is 4.98 Å². The van der Waals surface area contributed by atoms with Gasteiger partial charge in [-0.2, -0.15) is 0 Å². The highest BCUT2D eigenvalue weighted by Gasteiger charge is 2.36. The predicted molar refractivity (Wildman–Crippen MR) is 79.4 cm³/mol. The Kier molecular flexibility index (Phi) is 4.67. The molecule has 0 aromatic carbocycles. The average molecular weight is 312 g/mol. The molecule has 1 aliphatic rings. The Labute approximate surface area is 128 Å². The highest BCUT2D eigenvalue weighted by atomic mass is 35.5. The number of aromatic nitrogens is 1. The van der Waals surface area contributed by atoms with Crippen LogP contribution in [0.1, 0.15) is 6.92 Å². The molecule has 6 nitrogen and oxygen atoms in total. The zero-order valence-electron chi connectivity index (χ0n) is 12.0. The van der Waals surface area contributed by atoms with Gasteiger partial charge < -0.3 is 14.9 Å².